The van der Waals surface area contributed by atoms with Gasteiger partial charge in [0.25, 0.3) is 0 Å². The van der Waals surface area contributed by atoms with E-state index in [0.717, 1.165) is 6.54 Å². The van der Waals surface area contributed by atoms with Gasteiger partial charge in [-0.2, -0.15) is 11.8 Å². The lowest BCUT2D eigenvalue weighted by Gasteiger charge is -2.23. The normalized spacial score (nSPS) is 28.8. The van der Waals surface area contributed by atoms with E-state index < -0.39 is 0 Å². The molecule has 1 aliphatic rings. The predicted octanol–water partition coefficient (Wildman–Crippen LogP) is 1.13. The van der Waals surface area contributed by atoms with E-state index in [1.807, 2.05) is 18.7 Å². The van der Waals surface area contributed by atoms with Gasteiger partial charge in [-0.05, 0) is 31.9 Å². The summed E-state index contributed by atoms with van der Waals surface area (Å²) in [5.74, 6) is 1.20. The summed E-state index contributed by atoms with van der Waals surface area (Å²) in [5.41, 5.74) is 5.63. The minimum absolute atomic E-state index is 0.0128. The molecule has 0 radical (unpaired) electrons. The van der Waals surface area contributed by atoms with Crippen molar-refractivity contribution in [3.05, 3.63) is 0 Å². The van der Waals surface area contributed by atoms with E-state index >= 15 is 0 Å². The second-order valence-corrected chi connectivity index (χ2v) is 5.82. The van der Waals surface area contributed by atoms with Crippen LogP contribution in [0.25, 0.3) is 0 Å². The van der Waals surface area contributed by atoms with Crippen molar-refractivity contribution in [2.75, 3.05) is 12.3 Å². The van der Waals surface area contributed by atoms with Crippen LogP contribution in [0.5, 0.6) is 0 Å². The molecule has 0 aromatic rings. The van der Waals surface area contributed by atoms with Gasteiger partial charge in [0, 0.05) is 11.3 Å². The quantitative estimate of drug-likeness (QED) is 0.740. The molecule has 2 atom stereocenters. The summed E-state index contributed by atoms with van der Waals surface area (Å²) in [5, 5.41) is 2.93. The van der Waals surface area contributed by atoms with Gasteiger partial charge in [0.15, 0.2) is 0 Å². The molecule has 1 unspecified atom stereocenters. The summed E-state index contributed by atoms with van der Waals surface area (Å²) >= 11 is 1.95. The Morgan fingerprint density at radius 3 is 2.93 bits per heavy atom. The Balaban J connectivity index is 2.29. The molecule has 1 saturated heterocycles. The van der Waals surface area contributed by atoms with Gasteiger partial charge in [-0.15, -0.1) is 0 Å². The van der Waals surface area contributed by atoms with Crippen LogP contribution in [-0.2, 0) is 4.79 Å². The maximum Gasteiger partial charge on any atom is 0.236 e. The van der Waals surface area contributed by atoms with Gasteiger partial charge in [-0.3, -0.25) is 4.79 Å². The molecular formula is C10H20N2OS. The zero-order chi connectivity index (χ0) is 10.6. The highest BCUT2D eigenvalue weighted by Gasteiger charge is 2.30. The van der Waals surface area contributed by atoms with E-state index in [4.69, 9.17) is 5.73 Å². The van der Waals surface area contributed by atoms with Crippen LogP contribution < -0.4 is 11.1 Å². The van der Waals surface area contributed by atoms with E-state index in [1.165, 1.54) is 18.6 Å². The first-order valence-electron chi connectivity index (χ1n) is 5.24. The first-order chi connectivity index (χ1) is 6.57. The lowest BCUT2D eigenvalue weighted by molar-refractivity contribution is -0.122. The highest BCUT2D eigenvalue weighted by atomic mass is 32.2. The van der Waals surface area contributed by atoms with Crippen LogP contribution in [0, 0.1) is 0 Å². The number of hydrogen-bond donors (Lipinski definition) is 2. The molecule has 1 heterocycles. The molecule has 0 aliphatic carbocycles. The molecule has 1 rings (SSSR count). The fraction of sp³-hybridized carbons (Fsp3) is 0.900. The summed E-state index contributed by atoms with van der Waals surface area (Å²) in [7, 11) is 0. The fourth-order valence-electron chi connectivity index (χ4n) is 1.57. The van der Waals surface area contributed by atoms with E-state index in [-0.39, 0.29) is 16.7 Å². The number of hydrogen-bond acceptors (Lipinski definition) is 3. The van der Waals surface area contributed by atoms with Crippen molar-refractivity contribution in [2.45, 2.75) is 43.9 Å². The highest BCUT2D eigenvalue weighted by Crippen LogP contribution is 2.36. The van der Waals surface area contributed by atoms with E-state index in [9.17, 15) is 4.79 Å². The standard InChI is InChI=1S/C10H20N2OS/c1-3-8(11)9(13)12-7-10(2)5-4-6-14-10/h8H,3-7,11H2,1-2H3,(H,12,13)/t8-,10?/m1/s1. The second-order valence-electron chi connectivity index (χ2n) is 4.13. The maximum atomic E-state index is 11.4. The van der Waals surface area contributed by atoms with E-state index in [1.54, 1.807) is 0 Å². The summed E-state index contributed by atoms with van der Waals surface area (Å²) in [6, 6.07) is -0.343. The molecular weight excluding hydrogens is 196 g/mol. The molecule has 4 heteroatoms. The van der Waals surface area contributed by atoms with Crippen molar-refractivity contribution in [2.24, 2.45) is 5.73 Å². The van der Waals surface area contributed by atoms with Crippen molar-refractivity contribution in [1.29, 1.82) is 0 Å². The first kappa shape index (κ1) is 11.9. The van der Waals surface area contributed by atoms with Crippen LogP contribution >= 0.6 is 11.8 Å². The Hall–Kier alpha value is -0.220. The number of carbonyl (C=O) groups excluding carboxylic acids is 1. The third-order valence-corrected chi connectivity index (χ3v) is 4.25. The number of carbonyl (C=O) groups is 1. The molecule has 3 nitrogen and oxygen atoms in total. The summed E-state index contributed by atoms with van der Waals surface area (Å²) in [6.45, 7) is 4.89. The van der Waals surface area contributed by atoms with Crippen molar-refractivity contribution >= 4 is 17.7 Å². The highest BCUT2D eigenvalue weighted by molar-refractivity contribution is 8.00. The Bertz CT molecular complexity index is 202. The largest absolute Gasteiger partial charge is 0.353 e. The molecule has 82 valence electrons. The van der Waals surface area contributed by atoms with Gasteiger partial charge >= 0.3 is 0 Å². The first-order valence-corrected chi connectivity index (χ1v) is 6.23. The average Bonchev–Trinajstić information content (AvgIpc) is 2.61. The Labute approximate surface area is 90.2 Å². The fourth-order valence-corrected chi connectivity index (χ4v) is 2.81. The van der Waals surface area contributed by atoms with Gasteiger partial charge in [0.05, 0.1) is 6.04 Å². The molecule has 14 heavy (non-hydrogen) atoms. The zero-order valence-electron chi connectivity index (χ0n) is 9.01. The minimum Gasteiger partial charge on any atom is -0.353 e. The number of thioether (sulfide) groups is 1. The molecule has 1 fully saturated rings. The third kappa shape index (κ3) is 3.17. The lowest BCUT2D eigenvalue weighted by Crippen LogP contribution is -2.45. The van der Waals surface area contributed by atoms with Crippen molar-refractivity contribution < 1.29 is 4.79 Å². The monoisotopic (exact) mass is 216 g/mol. The summed E-state index contributed by atoms with van der Waals surface area (Å²) < 4.78 is 0.239. The van der Waals surface area contributed by atoms with Crippen molar-refractivity contribution in [3.8, 4) is 0 Å². The minimum atomic E-state index is -0.343. The number of amides is 1. The van der Waals surface area contributed by atoms with Gasteiger partial charge in [0.2, 0.25) is 5.91 Å². The Kier molecular flexibility index (Phi) is 4.26. The second kappa shape index (κ2) is 5.03. The molecule has 0 aromatic heterocycles. The Morgan fingerprint density at radius 1 is 1.71 bits per heavy atom. The summed E-state index contributed by atoms with van der Waals surface area (Å²) in [6.07, 6.45) is 3.16. The van der Waals surface area contributed by atoms with Gasteiger partial charge in [-0.25, -0.2) is 0 Å². The Morgan fingerprint density at radius 2 is 2.43 bits per heavy atom. The molecule has 3 N–H and O–H groups in total. The number of nitrogens with one attached hydrogen (secondary N) is 1. The van der Waals surface area contributed by atoms with Gasteiger partial charge in [-0.1, -0.05) is 6.92 Å². The number of rotatable bonds is 4. The smallest absolute Gasteiger partial charge is 0.236 e. The maximum absolute atomic E-state index is 11.4. The molecule has 0 saturated carbocycles. The molecule has 0 bridgehead atoms. The summed E-state index contributed by atoms with van der Waals surface area (Å²) in [4.78, 5) is 11.4. The number of nitrogens with two attached hydrogens (primary N) is 1. The van der Waals surface area contributed by atoms with Gasteiger partial charge < -0.3 is 11.1 Å². The molecule has 0 spiro atoms. The van der Waals surface area contributed by atoms with Crippen LogP contribution in [0.1, 0.15) is 33.1 Å². The average molecular weight is 216 g/mol. The van der Waals surface area contributed by atoms with Crippen LogP contribution in [0.4, 0.5) is 0 Å². The van der Waals surface area contributed by atoms with Crippen molar-refractivity contribution in [3.63, 3.8) is 0 Å². The van der Waals surface area contributed by atoms with Crippen LogP contribution in [0.3, 0.4) is 0 Å². The van der Waals surface area contributed by atoms with Crippen LogP contribution in [-0.4, -0.2) is 29.0 Å². The molecule has 1 amide bonds. The van der Waals surface area contributed by atoms with E-state index in [0.29, 0.717) is 6.42 Å². The lowest BCUT2D eigenvalue weighted by atomic mass is 10.1. The SMILES string of the molecule is CC[C@@H](N)C(=O)NCC1(C)CCCS1. The molecule has 0 aromatic carbocycles. The van der Waals surface area contributed by atoms with Crippen LogP contribution in [0.15, 0.2) is 0 Å². The topological polar surface area (TPSA) is 55.1 Å². The zero-order valence-corrected chi connectivity index (χ0v) is 9.82. The third-order valence-electron chi connectivity index (χ3n) is 2.71. The van der Waals surface area contributed by atoms with Gasteiger partial charge in [0.1, 0.15) is 0 Å². The van der Waals surface area contributed by atoms with Crippen LogP contribution in [0.2, 0.25) is 0 Å². The van der Waals surface area contributed by atoms with Crippen molar-refractivity contribution in [1.82, 2.24) is 5.32 Å². The van der Waals surface area contributed by atoms with E-state index in [2.05, 4.69) is 12.2 Å². The predicted molar refractivity (Wildman–Crippen MR) is 61.4 cm³/mol. The molecule has 1 aliphatic heterocycles.